The molecule has 29 heavy (non-hydrogen) atoms. The number of halogens is 3. The van der Waals surface area contributed by atoms with Gasteiger partial charge in [0.25, 0.3) is 5.91 Å². The number of benzene rings is 1. The molecule has 8 heteroatoms. The Hall–Kier alpha value is -2.22. The fraction of sp³-hybridized carbons (Fsp3) is 0.429. The number of aryl methyl sites for hydroxylation is 2. The van der Waals surface area contributed by atoms with E-state index in [0.717, 1.165) is 42.1 Å². The summed E-state index contributed by atoms with van der Waals surface area (Å²) in [5, 5.41) is 2.66. The number of hydrogen-bond donors (Lipinski definition) is 1. The highest BCUT2D eigenvalue weighted by molar-refractivity contribution is 8.00. The van der Waals surface area contributed by atoms with Gasteiger partial charge < -0.3 is 9.62 Å². The Morgan fingerprint density at radius 3 is 2.62 bits per heavy atom. The molecule has 4 nitrogen and oxygen atoms in total. The van der Waals surface area contributed by atoms with Gasteiger partial charge in [0.15, 0.2) is 0 Å². The molecule has 1 aromatic heterocycles. The van der Waals surface area contributed by atoms with Crippen molar-refractivity contribution in [3.8, 4) is 0 Å². The number of nitrogens with zero attached hydrogens (tertiary/aromatic N) is 2. The van der Waals surface area contributed by atoms with Crippen molar-refractivity contribution in [2.24, 2.45) is 0 Å². The summed E-state index contributed by atoms with van der Waals surface area (Å²) in [5.41, 5.74) is 1.82. The van der Waals surface area contributed by atoms with Crippen LogP contribution < -0.4 is 9.62 Å². The van der Waals surface area contributed by atoms with Crippen LogP contribution in [0.15, 0.2) is 24.3 Å². The van der Waals surface area contributed by atoms with Crippen LogP contribution in [0.4, 0.5) is 24.7 Å². The summed E-state index contributed by atoms with van der Waals surface area (Å²) in [6.45, 7) is 6.39. The van der Waals surface area contributed by atoms with Crippen LogP contribution in [0, 0.1) is 13.8 Å². The molecule has 1 aromatic carbocycles. The summed E-state index contributed by atoms with van der Waals surface area (Å²) < 4.78 is 41.8. The van der Waals surface area contributed by atoms with Gasteiger partial charge in [0.1, 0.15) is 5.82 Å². The molecule has 0 atom stereocenters. The van der Waals surface area contributed by atoms with Crippen LogP contribution in [0.25, 0.3) is 0 Å². The van der Waals surface area contributed by atoms with Gasteiger partial charge in [-0.3, -0.25) is 4.79 Å². The second kappa shape index (κ2) is 8.65. The molecule has 0 unspecified atom stereocenters. The summed E-state index contributed by atoms with van der Waals surface area (Å²) in [5.74, 6) is 1.28. The van der Waals surface area contributed by atoms with Crippen molar-refractivity contribution in [2.75, 3.05) is 21.9 Å². The number of pyridine rings is 1. The first-order valence-electron chi connectivity index (χ1n) is 9.60. The van der Waals surface area contributed by atoms with E-state index < -0.39 is 17.6 Å². The molecule has 0 radical (unpaired) electrons. The van der Waals surface area contributed by atoms with E-state index in [4.69, 9.17) is 0 Å². The number of carbonyl (C=O) groups is 1. The quantitative estimate of drug-likeness (QED) is 0.619. The molecular weight excluding hydrogens is 399 g/mol. The number of rotatable bonds is 5. The van der Waals surface area contributed by atoms with Crippen molar-refractivity contribution in [1.82, 2.24) is 4.98 Å². The average molecular weight is 424 g/mol. The number of carbonyl (C=O) groups excluding carboxylic acids is 1. The molecule has 2 aromatic rings. The second-order valence-corrected chi connectivity index (χ2v) is 8.26. The van der Waals surface area contributed by atoms with Gasteiger partial charge >= 0.3 is 6.18 Å². The molecule has 1 aliphatic heterocycles. The van der Waals surface area contributed by atoms with Gasteiger partial charge in [-0.25, -0.2) is 4.98 Å². The SMILES string of the molecule is CCCc1cc(NC(=O)c2cc(N3CCCS3)nc(C)c2C)cc(C(F)(F)F)c1. The van der Waals surface area contributed by atoms with Crippen LogP contribution in [-0.4, -0.2) is 23.2 Å². The topological polar surface area (TPSA) is 45.2 Å². The minimum absolute atomic E-state index is 0.152. The lowest BCUT2D eigenvalue weighted by Crippen LogP contribution is -2.18. The summed E-state index contributed by atoms with van der Waals surface area (Å²) in [7, 11) is 0. The Morgan fingerprint density at radius 2 is 2.00 bits per heavy atom. The predicted molar refractivity (Wildman–Crippen MR) is 112 cm³/mol. The molecule has 1 aliphatic rings. The molecule has 1 N–H and O–H groups in total. The molecule has 0 bridgehead atoms. The Morgan fingerprint density at radius 1 is 1.24 bits per heavy atom. The van der Waals surface area contributed by atoms with Gasteiger partial charge in [-0.1, -0.05) is 13.3 Å². The van der Waals surface area contributed by atoms with Gasteiger partial charge in [0.05, 0.1) is 5.56 Å². The fourth-order valence-corrected chi connectivity index (χ4v) is 4.23. The molecular formula is C21H24F3N3OS. The van der Waals surface area contributed by atoms with Crippen LogP contribution in [0.5, 0.6) is 0 Å². The smallest absolute Gasteiger partial charge is 0.322 e. The van der Waals surface area contributed by atoms with Gasteiger partial charge in [0.2, 0.25) is 0 Å². The lowest BCUT2D eigenvalue weighted by Gasteiger charge is -2.18. The van der Waals surface area contributed by atoms with E-state index in [0.29, 0.717) is 29.8 Å². The van der Waals surface area contributed by atoms with E-state index >= 15 is 0 Å². The summed E-state index contributed by atoms with van der Waals surface area (Å²) >= 11 is 1.66. The average Bonchev–Trinajstić information content (AvgIpc) is 3.18. The Labute approximate surface area is 173 Å². The highest BCUT2D eigenvalue weighted by Gasteiger charge is 2.31. The summed E-state index contributed by atoms with van der Waals surface area (Å²) in [6.07, 6.45) is -2.19. The van der Waals surface area contributed by atoms with Gasteiger partial charge in [-0.05, 0) is 74.0 Å². The zero-order chi connectivity index (χ0) is 21.2. The number of amides is 1. The minimum Gasteiger partial charge on any atom is -0.322 e. The maximum absolute atomic E-state index is 13.3. The third-order valence-corrected chi connectivity index (χ3v) is 6.02. The summed E-state index contributed by atoms with van der Waals surface area (Å²) in [6, 6.07) is 5.45. The fourth-order valence-electron chi connectivity index (χ4n) is 3.27. The van der Waals surface area contributed by atoms with Gasteiger partial charge in [-0.15, -0.1) is 0 Å². The highest BCUT2D eigenvalue weighted by atomic mass is 32.2. The molecule has 0 aliphatic carbocycles. The molecule has 1 amide bonds. The normalized spacial score (nSPS) is 14.3. The first kappa shape index (κ1) is 21.5. The largest absolute Gasteiger partial charge is 0.416 e. The van der Waals surface area contributed by atoms with E-state index in [2.05, 4.69) is 10.3 Å². The van der Waals surface area contributed by atoms with Crippen molar-refractivity contribution in [3.05, 3.63) is 52.2 Å². The lowest BCUT2D eigenvalue weighted by molar-refractivity contribution is -0.137. The molecule has 1 fully saturated rings. The Kier molecular flexibility index (Phi) is 6.41. The third-order valence-electron chi connectivity index (χ3n) is 4.87. The van der Waals surface area contributed by atoms with Crippen molar-refractivity contribution in [1.29, 1.82) is 0 Å². The zero-order valence-corrected chi connectivity index (χ0v) is 17.5. The number of anilines is 2. The minimum atomic E-state index is -4.47. The molecule has 156 valence electrons. The number of nitrogens with one attached hydrogen (secondary N) is 1. The maximum atomic E-state index is 13.3. The highest BCUT2D eigenvalue weighted by Crippen LogP contribution is 2.33. The second-order valence-electron chi connectivity index (χ2n) is 7.15. The summed E-state index contributed by atoms with van der Waals surface area (Å²) in [4.78, 5) is 17.5. The third kappa shape index (κ3) is 5.04. The van der Waals surface area contributed by atoms with E-state index in [9.17, 15) is 18.0 Å². The van der Waals surface area contributed by atoms with Crippen LogP contribution in [0.2, 0.25) is 0 Å². The lowest BCUT2D eigenvalue weighted by atomic mass is 10.0. The first-order chi connectivity index (χ1) is 13.7. The molecule has 2 heterocycles. The number of alkyl halides is 3. The van der Waals surface area contributed by atoms with Crippen molar-refractivity contribution in [2.45, 2.75) is 46.2 Å². The van der Waals surface area contributed by atoms with Crippen molar-refractivity contribution >= 4 is 29.4 Å². The maximum Gasteiger partial charge on any atom is 0.416 e. The Balaban J connectivity index is 1.92. The van der Waals surface area contributed by atoms with Crippen molar-refractivity contribution < 1.29 is 18.0 Å². The standard InChI is InChI=1S/C21H24F3N3OS/c1-4-6-15-9-16(21(22,23)24)11-17(10-15)26-20(28)18-12-19(25-14(3)13(18)2)27-7-5-8-29-27/h9-12H,4-8H2,1-3H3,(H,26,28). The number of aromatic nitrogens is 1. The van der Waals surface area contributed by atoms with Crippen LogP contribution in [0.1, 0.15) is 52.5 Å². The number of hydrogen-bond acceptors (Lipinski definition) is 4. The Bertz CT molecular complexity index is 909. The molecule has 0 spiro atoms. The zero-order valence-electron chi connectivity index (χ0n) is 16.7. The van der Waals surface area contributed by atoms with E-state index in [1.807, 2.05) is 18.2 Å². The van der Waals surface area contributed by atoms with Crippen LogP contribution in [-0.2, 0) is 12.6 Å². The van der Waals surface area contributed by atoms with E-state index in [1.165, 1.54) is 0 Å². The monoisotopic (exact) mass is 423 g/mol. The van der Waals surface area contributed by atoms with Crippen LogP contribution in [0.3, 0.4) is 0 Å². The molecule has 0 saturated carbocycles. The van der Waals surface area contributed by atoms with Crippen LogP contribution >= 0.6 is 11.9 Å². The van der Waals surface area contributed by atoms with E-state index in [1.54, 1.807) is 31.0 Å². The predicted octanol–water partition coefficient (Wildman–Crippen LogP) is 5.78. The van der Waals surface area contributed by atoms with Gasteiger partial charge in [0, 0.05) is 29.2 Å². The van der Waals surface area contributed by atoms with E-state index in [-0.39, 0.29) is 5.69 Å². The van der Waals surface area contributed by atoms with Crippen molar-refractivity contribution in [3.63, 3.8) is 0 Å². The van der Waals surface area contributed by atoms with Gasteiger partial charge in [-0.2, -0.15) is 13.2 Å². The molecule has 1 saturated heterocycles. The first-order valence-corrected chi connectivity index (χ1v) is 10.5. The molecule has 3 rings (SSSR count).